The fourth-order valence-corrected chi connectivity index (χ4v) is 1.18. The Morgan fingerprint density at radius 2 is 2.07 bits per heavy atom. The van der Waals surface area contributed by atoms with Crippen LogP contribution in [-0.4, -0.2) is 37.5 Å². The van der Waals surface area contributed by atoms with Crippen LogP contribution in [0.15, 0.2) is 0 Å². The number of hydrogen-bond acceptors (Lipinski definition) is 3. The molecule has 0 aromatic carbocycles. The number of aliphatic hydroxyl groups is 1. The summed E-state index contributed by atoms with van der Waals surface area (Å²) in [5.41, 5.74) is 0. The van der Waals surface area contributed by atoms with Gasteiger partial charge in [-0.05, 0) is 25.3 Å². The van der Waals surface area contributed by atoms with E-state index in [9.17, 15) is 5.11 Å². The van der Waals surface area contributed by atoms with E-state index in [0.717, 1.165) is 38.3 Å². The number of hydrogen-bond donors (Lipinski definition) is 2. The Hall–Kier alpha value is -0.120. The van der Waals surface area contributed by atoms with Crippen LogP contribution < -0.4 is 5.32 Å². The van der Waals surface area contributed by atoms with Crippen molar-refractivity contribution in [3.8, 4) is 0 Å². The molecule has 0 saturated carbocycles. The predicted octanol–water partition coefficient (Wildman–Crippen LogP) is 1.80. The molecule has 3 nitrogen and oxygen atoms in total. The molecule has 0 rings (SSSR count). The van der Waals surface area contributed by atoms with Gasteiger partial charge in [0.1, 0.15) is 0 Å². The van der Waals surface area contributed by atoms with Crippen molar-refractivity contribution in [1.29, 1.82) is 0 Å². The maximum atomic E-state index is 9.53. The van der Waals surface area contributed by atoms with Crippen molar-refractivity contribution in [2.45, 2.75) is 46.1 Å². The third kappa shape index (κ3) is 11.8. The zero-order chi connectivity index (χ0) is 11.5. The summed E-state index contributed by atoms with van der Waals surface area (Å²) in [7, 11) is 0. The molecule has 0 aromatic heterocycles. The van der Waals surface area contributed by atoms with E-state index >= 15 is 0 Å². The van der Waals surface area contributed by atoms with Crippen molar-refractivity contribution in [2.75, 3.05) is 26.3 Å². The summed E-state index contributed by atoms with van der Waals surface area (Å²) < 4.78 is 5.32. The molecule has 2 N–H and O–H groups in total. The first-order chi connectivity index (χ1) is 7.16. The normalized spacial score (nSPS) is 13.4. The maximum absolute atomic E-state index is 9.53. The van der Waals surface area contributed by atoms with Gasteiger partial charge in [0.25, 0.3) is 0 Å². The zero-order valence-electron chi connectivity index (χ0n) is 10.5. The van der Waals surface area contributed by atoms with Crippen molar-refractivity contribution in [1.82, 2.24) is 5.32 Å². The van der Waals surface area contributed by atoms with Gasteiger partial charge in [0, 0.05) is 13.2 Å². The van der Waals surface area contributed by atoms with Crippen molar-refractivity contribution in [3.05, 3.63) is 0 Å². The SMILES string of the molecule is CCCCOCC(O)CNCCC(C)C. The van der Waals surface area contributed by atoms with Gasteiger partial charge in [-0.25, -0.2) is 0 Å². The summed E-state index contributed by atoms with van der Waals surface area (Å²) in [5, 5.41) is 12.8. The fraction of sp³-hybridized carbons (Fsp3) is 1.00. The first-order valence-corrected chi connectivity index (χ1v) is 6.13. The Kier molecular flexibility index (Phi) is 10.3. The Balaban J connectivity index is 3.15. The molecular weight excluding hydrogens is 190 g/mol. The molecule has 15 heavy (non-hydrogen) atoms. The van der Waals surface area contributed by atoms with Gasteiger partial charge in [-0.3, -0.25) is 0 Å². The molecular formula is C12H27NO2. The maximum Gasteiger partial charge on any atom is 0.0897 e. The summed E-state index contributed by atoms with van der Waals surface area (Å²) in [6, 6.07) is 0. The van der Waals surface area contributed by atoms with E-state index in [1.807, 2.05) is 0 Å². The fourth-order valence-electron chi connectivity index (χ4n) is 1.18. The Morgan fingerprint density at radius 3 is 2.67 bits per heavy atom. The van der Waals surface area contributed by atoms with Crippen LogP contribution in [0.4, 0.5) is 0 Å². The van der Waals surface area contributed by atoms with Gasteiger partial charge in [0.05, 0.1) is 12.7 Å². The lowest BCUT2D eigenvalue weighted by Crippen LogP contribution is -2.31. The minimum atomic E-state index is -0.367. The molecule has 0 radical (unpaired) electrons. The van der Waals surface area contributed by atoms with Crippen molar-refractivity contribution < 1.29 is 9.84 Å². The van der Waals surface area contributed by atoms with Gasteiger partial charge in [-0.15, -0.1) is 0 Å². The van der Waals surface area contributed by atoms with Crippen LogP contribution in [-0.2, 0) is 4.74 Å². The standard InChI is InChI=1S/C12H27NO2/c1-4-5-8-15-10-12(14)9-13-7-6-11(2)3/h11-14H,4-10H2,1-3H3. The van der Waals surface area contributed by atoms with Gasteiger partial charge in [0.15, 0.2) is 0 Å². The molecule has 0 heterocycles. The molecule has 0 saturated heterocycles. The summed E-state index contributed by atoms with van der Waals surface area (Å²) in [6.07, 6.45) is 3.01. The molecule has 0 aliphatic rings. The molecule has 3 heteroatoms. The summed E-state index contributed by atoms with van der Waals surface area (Å²) in [4.78, 5) is 0. The minimum Gasteiger partial charge on any atom is -0.389 e. The molecule has 0 aliphatic heterocycles. The van der Waals surface area contributed by atoms with Crippen LogP contribution in [0, 0.1) is 5.92 Å². The van der Waals surface area contributed by atoms with E-state index in [-0.39, 0.29) is 6.10 Å². The smallest absolute Gasteiger partial charge is 0.0897 e. The van der Waals surface area contributed by atoms with Crippen LogP contribution in [0.1, 0.15) is 40.0 Å². The first-order valence-electron chi connectivity index (χ1n) is 6.13. The highest BCUT2D eigenvalue weighted by Crippen LogP contribution is 1.96. The molecule has 0 fully saturated rings. The van der Waals surface area contributed by atoms with Crippen molar-refractivity contribution in [3.63, 3.8) is 0 Å². The van der Waals surface area contributed by atoms with Crippen LogP contribution in [0.2, 0.25) is 0 Å². The summed E-state index contributed by atoms with van der Waals surface area (Å²) in [6.45, 7) is 9.36. The van der Waals surface area contributed by atoms with Gasteiger partial charge in [0.2, 0.25) is 0 Å². The molecule has 0 spiro atoms. The average molecular weight is 217 g/mol. The van der Waals surface area contributed by atoms with E-state index < -0.39 is 0 Å². The van der Waals surface area contributed by atoms with E-state index in [1.165, 1.54) is 0 Å². The molecule has 92 valence electrons. The molecule has 0 aromatic rings. The lowest BCUT2D eigenvalue weighted by molar-refractivity contribution is 0.0359. The third-order valence-electron chi connectivity index (χ3n) is 2.23. The van der Waals surface area contributed by atoms with Crippen LogP contribution in [0.3, 0.4) is 0 Å². The quantitative estimate of drug-likeness (QED) is 0.548. The van der Waals surface area contributed by atoms with Crippen LogP contribution in [0.5, 0.6) is 0 Å². The molecule has 1 unspecified atom stereocenters. The lowest BCUT2D eigenvalue weighted by atomic mass is 10.1. The first kappa shape index (κ1) is 14.9. The second-order valence-corrected chi connectivity index (χ2v) is 4.47. The van der Waals surface area contributed by atoms with Gasteiger partial charge < -0.3 is 15.2 Å². The van der Waals surface area contributed by atoms with E-state index in [4.69, 9.17) is 4.74 Å². The topological polar surface area (TPSA) is 41.5 Å². The Morgan fingerprint density at radius 1 is 1.33 bits per heavy atom. The summed E-state index contributed by atoms with van der Waals surface area (Å²) in [5.74, 6) is 0.718. The zero-order valence-corrected chi connectivity index (χ0v) is 10.5. The minimum absolute atomic E-state index is 0.367. The molecule has 1 atom stereocenters. The van der Waals surface area contributed by atoms with Crippen molar-refractivity contribution in [2.24, 2.45) is 5.92 Å². The number of ether oxygens (including phenoxy) is 1. The number of aliphatic hydroxyl groups excluding tert-OH is 1. The van der Waals surface area contributed by atoms with E-state index in [1.54, 1.807) is 0 Å². The lowest BCUT2D eigenvalue weighted by Gasteiger charge is -2.12. The summed E-state index contributed by atoms with van der Waals surface area (Å²) >= 11 is 0. The Labute approximate surface area is 94.2 Å². The van der Waals surface area contributed by atoms with E-state index in [0.29, 0.717) is 13.2 Å². The molecule has 0 amide bonds. The van der Waals surface area contributed by atoms with Crippen LogP contribution in [0.25, 0.3) is 0 Å². The average Bonchev–Trinajstić information content (AvgIpc) is 2.19. The van der Waals surface area contributed by atoms with Crippen molar-refractivity contribution >= 4 is 0 Å². The number of nitrogens with one attached hydrogen (secondary N) is 1. The number of rotatable bonds is 10. The molecule has 0 bridgehead atoms. The van der Waals surface area contributed by atoms with E-state index in [2.05, 4.69) is 26.1 Å². The molecule has 0 aliphatic carbocycles. The second-order valence-electron chi connectivity index (χ2n) is 4.47. The van der Waals surface area contributed by atoms with Crippen LogP contribution >= 0.6 is 0 Å². The second kappa shape index (κ2) is 10.4. The Bertz CT molecular complexity index is 129. The third-order valence-corrected chi connectivity index (χ3v) is 2.23. The highest BCUT2D eigenvalue weighted by Gasteiger charge is 2.03. The van der Waals surface area contributed by atoms with Gasteiger partial charge >= 0.3 is 0 Å². The predicted molar refractivity (Wildman–Crippen MR) is 64.1 cm³/mol. The highest BCUT2D eigenvalue weighted by molar-refractivity contribution is 4.59. The largest absolute Gasteiger partial charge is 0.389 e. The van der Waals surface area contributed by atoms with Gasteiger partial charge in [-0.2, -0.15) is 0 Å². The number of unbranched alkanes of at least 4 members (excludes halogenated alkanes) is 1. The highest BCUT2D eigenvalue weighted by atomic mass is 16.5. The monoisotopic (exact) mass is 217 g/mol. The van der Waals surface area contributed by atoms with Gasteiger partial charge in [-0.1, -0.05) is 27.2 Å².